The van der Waals surface area contributed by atoms with Gasteiger partial charge < -0.3 is 4.74 Å². The summed E-state index contributed by atoms with van der Waals surface area (Å²) < 4.78 is 5.09. The maximum absolute atomic E-state index is 13.1. The minimum absolute atomic E-state index is 0.0210. The maximum Gasteiger partial charge on any atom is 0.309 e. The molecule has 0 saturated carbocycles. The monoisotopic (exact) mass is 390 g/mol. The van der Waals surface area contributed by atoms with Crippen LogP contribution >= 0.6 is 0 Å². The van der Waals surface area contributed by atoms with E-state index in [0.29, 0.717) is 18.6 Å². The molecule has 3 rings (SSSR count). The highest BCUT2D eigenvalue weighted by Crippen LogP contribution is 2.39. The number of hydrogen-bond acceptors (Lipinski definition) is 4. The largest absolute Gasteiger partial charge is 0.466 e. The Morgan fingerprint density at radius 3 is 2.66 bits per heavy atom. The highest BCUT2D eigenvalue weighted by Gasteiger charge is 2.36. The molecule has 0 saturated heterocycles. The van der Waals surface area contributed by atoms with Gasteiger partial charge in [-0.15, -0.1) is 0 Å². The average molecular weight is 390 g/mol. The van der Waals surface area contributed by atoms with Gasteiger partial charge in [0.2, 0.25) is 5.78 Å². The van der Waals surface area contributed by atoms with Gasteiger partial charge in [-0.3, -0.25) is 14.4 Å². The number of rotatable bonds is 6. The van der Waals surface area contributed by atoms with Gasteiger partial charge in [-0.05, 0) is 68.2 Å². The zero-order valence-corrected chi connectivity index (χ0v) is 16.8. The molecule has 0 heterocycles. The van der Waals surface area contributed by atoms with Crippen LogP contribution in [0.5, 0.6) is 0 Å². The second-order valence-corrected chi connectivity index (χ2v) is 7.44. The SMILES string of the molecule is CCOC(=O)CC1=C(C2=CCCCC2)C(=O)[C@H](CC(=O)C#Cc2ccccc2)C1. The van der Waals surface area contributed by atoms with E-state index >= 15 is 0 Å². The highest BCUT2D eigenvalue weighted by atomic mass is 16.5. The zero-order chi connectivity index (χ0) is 20.6. The van der Waals surface area contributed by atoms with Gasteiger partial charge in [-0.1, -0.05) is 30.2 Å². The summed E-state index contributed by atoms with van der Waals surface area (Å²) in [5.41, 5.74) is 3.29. The fourth-order valence-electron chi connectivity index (χ4n) is 3.97. The lowest BCUT2D eigenvalue weighted by atomic mass is 9.89. The number of Topliss-reactive ketones (excluding diaryl/α,β-unsaturated/α-hetero) is 2. The molecule has 0 radical (unpaired) electrons. The molecule has 29 heavy (non-hydrogen) atoms. The smallest absolute Gasteiger partial charge is 0.309 e. The molecule has 0 amide bonds. The summed E-state index contributed by atoms with van der Waals surface area (Å²) in [6.07, 6.45) is 6.71. The van der Waals surface area contributed by atoms with Gasteiger partial charge in [0.15, 0.2) is 5.78 Å². The van der Waals surface area contributed by atoms with Crippen LogP contribution in [0.25, 0.3) is 0 Å². The van der Waals surface area contributed by atoms with E-state index < -0.39 is 5.92 Å². The van der Waals surface area contributed by atoms with E-state index in [2.05, 4.69) is 17.9 Å². The molecule has 150 valence electrons. The van der Waals surface area contributed by atoms with Crippen LogP contribution < -0.4 is 0 Å². The molecule has 0 unspecified atom stereocenters. The van der Waals surface area contributed by atoms with Crippen LogP contribution in [0.1, 0.15) is 57.4 Å². The summed E-state index contributed by atoms with van der Waals surface area (Å²) in [5.74, 6) is 4.48. The third-order valence-electron chi connectivity index (χ3n) is 5.29. The minimum atomic E-state index is -0.435. The topological polar surface area (TPSA) is 60.4 Å². The van der Waals surface area contributed by atoms with E-state index in [9.17, 15) is 14.4 Å². The fraction of sp³-hybridized carbons (Fsp3) is 0.400. The van der Waals surface area contributed by atoms with E-state index in [1.165, 1.54) is 0 Å². The number of esters is 1. The first-order valence-corrected chi connectivity index (χ1v) is 10.3. The zero-order valence-electron chi connectivity index (χ0n) is 16.8. The molecule has 4 heteroatoms. The molecule has 0 N–H and O–H groups in total. The molecule has 1 aromatic carbocycles. The number of carbonyl (C=O) groups is 3. The predicted octanol–water partition coefficient (Wildman–Crippen LogP) is 4.34. The van der Waals surface area contributed by atoms with Crippen molar-refractivity contribution in [3.8, 4) is 11.8 Å². The molecule has 1 aromatic rings. The summed E-state index contributed by atoms with van der Waals surface area (Å²) in [6.45, 7) is 2.08. The molecule has 2 aliphatic rings. The first-order valence-electron chi connectivity index (χ1n) is 10.3. The third kappa shape index (κ3) is 5.54. The Labute approximate surface area is 172 Å². The van der Waals surface area contributed by atoms with Crippen LogP contribution in [0, 0.1) is 17.8 Å². The van der Waals surface area contributed by atoms with Gasteiger partial charge in [0.05, 0.1) is 13.0 Å². The maximum atomic E-state index is 13.1. The van der Waals surface area contributed by atoms with Gasteiger partial charge in [0, 0.05) is 23.5 Å². The van der Waals surface area contributed by atoms with Crippen molar-refractivity contribution in [3.63, 3.8) is 0 Å². The van der Waals surface area contributed by atoms with E-state index in [4.69, 9.17) is 4.74 Å². The summed E-state index contributed by atoms with van der Waals surface area (Å²) in [4.78, 5) is 37.5. The second-order valence-electron chi connectivity index (χ2n) is 7.44. The van der Waals surface area contributed by atoms with Gasteiger partial charge in [0.1, 0.15) is 0 Å². The normalized spacial score (nSPS) is 18.7. The first kappa shape index (κ1) is 20.8. The number of ether oxygens (including phenoxy) is 1. The van der Waals surface area contributed by atoms with E-state index in [1.54, 1.807) is 6.92 Å². The molecule has 0 bridgehead atoms. The molecule has 0 aromatic heterocycles. The van der Waals surface area contributed by atoms with E-state index in [-0.39, 0.29) is 30.4 Å². The van der Waals surface area contributed by atoms with Crippen molar-refractivity contribution in [2.24, 2.45) is 5.92 Å². The van der Waals surface area contributed by atoms with Crippen LogP contribution in [0.15, 0.2) is 53.1 Å². The second kappa shape index (κ2) is 10.0. The molecular formula is C25H26O4. The Morgan fingerprint density at radius 1 is 1.17 bits per heavy atom. The van der Waals surface area contributed by atoms with Crippen molar-refractivity contribution in [3.05, 3.63) is 58.7 Å². The van der Waals surface area contributed by atoms with Crippen LogP contribution in [-0.2, 0) is 19.1 Å². The van der Waals surface area contributed by atoms with E-state index in [0.717, 1.165) is 42.4 Å². The van der Waals surface area contributed by atoms with Crippen LogP contribution in [0.2, 0.25) is 0 Å². The fourth-order valence-corrected chi connectivity index (χ4v) is 3.97. The Morgan fingerprint density at radius 2 is 1.97 bits per heavy atom. The van der Waals surface area contributed by atoms with E-state index in [1.807, 2.05) is 30.3 Å². The van der Waals surface area contributed by atoms with Crippen molar-refractivity contribution < 1.29 is 19.1 Å². The summed E-state index contributed by atoms with van der Waals surface area (Å²) >= 11 is 0. The van der Waals surface area contributed by atoms with Crippen molar-refractivity contribution >= 4 is 17.5 Å². The molecular weight excluding hydrogens is 364 g/mol. The van der Waals surface area contributed by atoms with Crippen LogP contribution in [-0.4, -0.2) is 24.1 Å². The van der Waals surface area contributed by atoms with Gasteiger partial charge >= 0.3 is 5.97 Å². The van der Waals surface area contributed by atoms with Gasteiger partial charge in [-0.25, -0.2) is 0 Å². The number of allylic oxidation sites excluding steroid dienone is 3. The quantitative estimate of drug-likeness (QED) is 0.536. The number of ketones is 2. The molecule has 0 spiro atoms. The Bertz CT molecular complexity index is 909. The Balaban J connectivity index is 1.74. The lowest BCUT2D eigenvalue weighted by Gasteiger charge is -2.15. The number of benzene rings is 1. The minimum Gasteiger partial charge on any atom is -0.466 e. The van der Waals surface area contributed by atoms with Gasteiger partial charge in [-0.2, -0.15) is 0 Å². The van der Waals surface area contributed by atoms with Crippen molar-refractivity contribution in [2.75, 3.05) is 6.61 Å². The molecule has 2 aliphatic carbocycles. The summed E-state index contributed by atoms with van der Waals surface area (Å²) in [6, 6.07) is 9.30. The Kier molecular flexibility index (Phi) is 7.19. The van der Waals surface area contributed by atoms with Crippen LogP contribution in [0.3, 0.4) is 0 Å². The highest BCUT2D eigenvalue weighted by molar-refractivity contribution is 6.08. The number of hydrogen-bond donors (Lipinski definition) is 0. The molecule has 0 aliphatic heterocycles. The van der Waals surface area contributed by atoms with Crippen molar-refractivity contribution in [1.82, 2.24) is 0 Å². The van der Waals surface area contributed by atoms with Crippen molar-refractivity contribution in [2.45, 2.75) is 51.9 Å². The lowest BCUT2D eigenvalue weighted by Crippen LogP contribution is -2.15. The summed E-state index contributed by atoms with van der Waals surface area (Å²) in [5, 5.41) is 0. The summed E-state index contributed by atoms with van der Waals surface area (Å²) in [7, 11) is 0. The first-order chi connectivity index (χ1) is 14.1. The molecule has 1 atom stereocenters. The third-order valence-corrected chi connectivity index (χ3v) is 5.29. The molecule has 0 fully saturated rings. The lowest BCUT2D eigenvalue weighted by molar-refractivity contribution is -0.142. The predicted molar refractivity (Wildman–Crippen MR) is 111 cm³/mol. The Hall–Kier alpha value is -2.93. The van der Waals surface area contributed by atoms with Crippen LogP contribution in [0.4, 0.5) is 0 Å². The van der Waals surface area contributed by atoms with Crippen molar-refractivity contribution in [1.29, 1.82) is 0 Å². The molecule has 4 nitrogen and oxygen atoms in total. The average Bonchev–Trinajstić information content (AvgIpc) is 3.02. The number of carbonyl (C=O) groups excluding carboxylic acids is 3. The standard InChI is InChI=1S/C25H26O4/c1-2-29-23(27)17-20-15-21(25(28)24(20)19-11-7-4-8-12-19)16-22(26)14-13-18-9-5-3-6-10-18/h3,5-6,9-11,21H,2,4,7-8,12,15-17H2,1H3/t21-/m0/s1. The van der Waals surface area contributed by atoms with Gasteiger partial charge in [0.25, 0.3) is 0 Å².